The smallest absolute Gasteiger partial charge is 0.263 e. The topological polar surface area (TPSA) is 102 Å². The summed E-state index contributed by atoms with van der Waals surface area (Å²) in [4.78, 5) is 28.8. The molecule has 1 amide bonds. The van der Waals surface area contributed by atoms with Gasteiger partial charge in [0.1, 0.15) is 4.88 Å². The van der Waals surface area contributed by atoms with Gasteiger partial charge in [0.25, 0.3) is 5.91 Å². The van der Waals surface area contributed by atoms with E-state index in [2.05, 4.69) is 25.5 Å². The van der Waals surface area contributed by atoms with Gasteiger partial charge in [-0.25, -0.2) is 9.97 Å². The summed E-state index contributed by atoms with van der Waals surface area (Å²) >= 11 is 7.57. The Morgan fingerprint density at radius 2 is 2.11 bits per heavy atom. The van der Waals surface area contributed by atoms with Crippen LogP contribution in [0.5, 0.6) is 11.8 Å². The minimum Gasteiger partial charge on any atom is -0.420 e. The zero-order valence-corrected chi connectivity index (χ0v) is 21.7. The lowest BCUT2D eigenvalue weighted by Crippen LogP contribution is -2.36. The number of nitrogens with zero attached hydrogens (tertiary/aromatic N) is 4. The molecule has 2 aliphatic rings. The summed E-state index contributed by atoms with van der Waals surface area (Å²) in [7, 11) is -2.39. The predicted molar refractivity (Wildman–Crippen MR) is 145 cm³/mol. The van der Waals surface area contributed by atoms with Crippen molar-refractivity contribution in [1.82, 2.24) is 25.2 Å². The van der Waals surface area contributed by atoms with Crippen LogP contribution < -0.4 is 15.4 Å². The van der Waals surface area contributed by atoms with Crippen LogP contribution in [0.4, 0.5) is 5.69 Å². The molecule has 1 saturated heterocycles. The Kier molecular flexibility index (Phi) is 5.67. The van der Waals surface area contributed by atoms with Crippen LogP contribution in [0.1, 0.15) is 39.1 Å². The van der Waals surface area contributed by atoms with E-state index >= 15 is 0 Å². The number of anilines is 1. The standard InChI is InChI=1S/C26H27ClN6O3S/c1-14-11-28-22-21-17-3-6-20(31-18(17)4-5-19(21)37-23(22)24(34)30-14)36-25-15(12-29-26(27)32-25)13-33-9-7-16(35-2)8-10-33/h3-6,12,14,16,28H,7-11,13H2,1-2H3,(H,30,34)/t14-/m0/s1/i2D3. The summed E-state index contributed by atoms with van der Waals surface area (Å²) in [6, 6.07) is 7.64. The third-order valence-corrected chi connectivity index (χ3v) is 8.09. The molecular weight excluding hydrogens is 512 g/mol. The molecule has 2 aliphatic heterocycles. The van der Waals surface area contributed by atoms with E-state index in [1.54, 1.807) is 12.3 Å². The van der Waals surface area contributed by atoms with E-state index in [0.29, 0.717) is 55.7 Å². The Labute approximate surface area is 227 Å². The summed E-state index contributed by atoms with van der Waals surface area (Å²) < 4.78 is 34.3. The summed E-state index contributed by atoms with van der Waals surface area (Å²) in [6.45, 7) is 4.45. The molecule has 3 aromatic heterocycles. The van der Waals surface area contributed by atoms with Gasteiger partial charge in [-0.1, -0.05) is 0 Å². The highest BCUT2D eigenvalue weighted by Crippen LogP contribution is 2.41. The lowest BCUT2D eigenvalue weighted by Gasteiger charge is -2.31. The number of hydrogen-bond donors (Lipinski definition) is 2. The Bertz CT molecular complexity index is 1590. The number of ether oxygens (including phenoxy) is 2. The fraction of sp³-hybridized carbons (Fsp3) is 0.385. The van der Waals surface area contributed by atoms with Gasteiger partial charge in [0.05, 0.1) is 21.4 Å². The van der Waals surface area contributed by atoms with Gasteiger partial charge in [-0.3, -0.25) is 9.69 Å². The molecule has 1 atom stereocenters. The van der Waals surface area contributed by atoms with Crippen LogP contribution in [-0.2, 0) is 11.3 Å². The lowest BCUT2D eigenvalue weighted by molar-refractivity contribution is 0.0386. The molecule has 37 heavy (non-hydrogen) atoms. The highest BCUT2D eigenvalue weighted by Gasteiger charge is 2.25. The summed E-state index contributed by atoms with van der Waals surface area (Å²) in [5, 5.41) is 8.40. The molecule has 0 spiro atoms. The summed E-state index contributed by atoms with van der Waals surface area (Å²) in [5.74, 6) is 0.593. The Morgan fingerprint density at radius 1 is 1.24 bits per heavy atom. The number of piperidine rings is 1. The Hall–Kier alpha value is -3.05. The number of rotatable bonds is 5. The molecule has 0 aliphatic carbocycles. The van der Waals surface area contributed by atoms with E-state index in [0.717, 1.165) is 32.2 Å². The van der Waals surface area contributed by atoms with Crippen molar-refractivity contribution in [2.24, 2.45) is 0 Å². The number of halogens is 1. The molecule has 0 bridgehead atoms. The number of hydrogen-bond acceptors (Lipinski definition) is 9. The number of carbonyl (C=O) groups is 1. The van der Waals surface area contributed by atoms with Gasteiger partial charge in [0.2, 0.25) is 17.0 Å². The van der Waals surface area contributed by atoms with Crippen molar-refractivity contribution in [3.63, 3.8) is 0 Å². The second-order valence-corrected chi connectivity index (χ2v) is 10.8. The van der Waals surface area contributed by atoms with Gasteiger partial charge in [-0.2, -0.15) is 4.98 Å². The number of methoxy groups -OCH3 is 1. The van der Waals surface area contributed by atoms with Crippen LogP contribution in [0, 0.1) is 0 Å². The zero-order chi connectivity index (χ0) is 28.0. The van der Waals surface area contributed by atoms with Crippen molar-refractivity contribution in [3.05, 3.63) is 46.2 Å². The molecule has 0 unspecified atom stereocenters. The van der Waals surface area contributed by atoms with Crippen LogP contribution >= 0.6 is 22.9 Å². The normalized spacial score (nSPS) is 20.4. The van der Waals surface area contributed by atoms with Crippen LogP contribution in [0.25, 0.3) is 21.0 Å². The number of nitrogens with one attached hydrogen (secondary N) is 2. The Morgan fingerprint density at radius 3 is 2.95 bits per heavy atom. The average molecular weight is 542 g/mol. The lowest BCUT2D eigenvalue weighted by atomic mass is 10.1. The molecule has 9 nitrogen and oxygen atoms in total. The first kappa shape index (κ1) is 20.9. The highest BCUT2D eigenvalue weighted by molar-refractivity contribution is 7.21. The monoisotopic (exact) mass is 541 g/mol. The number of pyridine rings is 1. The largest absolute Gasteiger partial charge is 0.420 e. The number of fused-ring (bicyclic) bond motifs is 5. The van der Waals surface area contributed by atoms with Crippen molar-refractivity contribution in [2.45, 2.75) is 38.5 Å². The van der Waals surface area contributed by atoms with Gasteiger partial charge in [0, 0.05) is 72.6 Å². The fourth-order valence-corrected chi connectivity index (χ4v) is 6.08. The molecule has 0 saturated carbocycles. The maximum absolute atomic E-state index is 12.7. The van der Waals surface area contributed by atoms with Crippen molar-refractivity contribution in [1.29, 1.82) is 0 Å². The maximum Gasteiger partial charge on any atom is 0.263 e. The molecule has 5 heterocycles. The van der Waals surface area contributed by atoms with E-state index in [1.807, 2.05) is 25.1 Å². The van der Waals surface area contributed by atoms with Gasteiger partial charge >= 0.3 is 0 Å². The first-order chi connectivity index (χ1) is 19.1. The fourth-order valence-electron chi connectivity index (χ4n) is 4.86. The van der Waals surface area contributed by atoms with Crippen LogP contribution in [0.3, 0.4) is 0 Å². The third kappa shape index (κ3) is 4.82. The van der Waals surface area contributed by atoms with Gasteiger partial charge in [-0.15, -0.1) is 11.3 Å². The van der Waals surface area contributed by atoms with E-state index in [-0.39, 0.29) is 23.3 Å². The molecular formula is C26H27ClN6O3S. The maximum atomic E-state index is 12.7. The average Bonchev–Trinajstić information content (AvgIpc) is 3.22. The second-order valence-electron chi connectivity index (χ2n) is 9.38. The first-order valence-corrected chi connectivity index (χ1v) is 13.3. The number of carbonyl (C=O) groups excluding carboxylic acids is 1. The number of thiophene rings is 1. The SMILES string of the molecule is [2H]C([2H])([2H])OC1CCN(Cc2cnc(Cl)nc2Oc2ccc3c(ccc4sc5c(c43)NC[C@H](C)NC5=O)n2)CC1. The van der Waals surface area contributed by atoms with Gasteiger partial charge in [0.15, 0.2) is 0 Å². The van der Waals surface area contributed by atoms with Gasteiger partial charge < -0.3 is 20.1 Å². The summed E-state index contributed by atoms with van der Waals surface area (Å²) in [5.41, 5.74) is 2.30. The molecule has 4 aromatic rings. The second kappa shape index (κ2) is 10.0. The molecule has 2 N–H and O–H groups in total. The first-order valence-electron chi connectivity index (χ1n) is 13.6. The van der Waals surface area contributed by atoms with E-state index in [1.165, 1.54) is 11.3 Å². The number of amides is 1. The van der Waals surface area contributed by atoms with E-state index in [9.17, 15) is 4.79 Å². The van der Waals surface area contributed by atoms with Gasteiger partial charge in [-0.05, 0) is 49.6 Å². The van der Waals surface area contributed by atoms with E-state index in [4.69, 9.17) is 30.2 Å². The zero-order valence-electron chi connectivity index (χ0n) is 23.1. The molecule has 0 radical (unpaired) electrons. The summed E-state index contributed by atoms with van der Waals surface area (Å²) in [6.07, 6.45) is 2.58. The van der Waals surface area contributed by atoms with Crippen molar-refractivity contribution >= 4 is 55.5 Å². The molecule has 11 heteroatoms. The molecule has 1 fully saturated rings. The highest BCUT2D eigenvalue weighted by atomic mass is 35.5. The van der Waals surface area contributed by atoms with Crippen molar-refractivity contribution in [3.8, 4) is 11.8 Å². The van der Waals surface area contributed by atoms with Crippen LogP contribution in [-0.4, -0.2) is 64.6 Å². The minimum atomic E-state index is -2.39. The minimum absolute atomic E-state index is 0.0259. The van der Waals surface area contributed by atoms with Crippen molar-refractivity contribution in [2.75, 3.05) is 32.0 Å². The number of benzene rings is 1. The predicted octanol–water partition coefficient (Wildman–Crippen LogP) is 4.84. The number of aromatic nitrogens is 3. The molecule has 192 valence electrons. The molecule has 6 rings (SSSR count). The quantitative estimate of drug-likeness (QED) is 0.346. The van der Waals surface area contributed by atoms with Crippen LogP contribution in [0.15, 0.2) is 30.5 Å². The number of likely N-dealkylation sites (tertiary alicyclic amines) is 1. The Balaban J connectivity index is 1.24. The van der Waals surface area contributed by atoms with Crippen molar-refractivity contribution < 1.29 is 18.4 Å². The van der Waals surface area contributed by atoms with E-state index < -0.39 is 7.04 Å². The molecule has 1 aromatic carbocycles. The van der Waals surface area contributed by atoms with Crippen LogP contribution in [0.2, 0.25) is 5.28 Å². The third-order valence-electron chi connectivity index (χ3n) is 6.76.